The first kappa shape index (κ1) is 20.6. The fourth-order valence-electron chi connectivity index (χ4n) is 1.37. The van der Waals surface area contributed by atoms with Crippen molar-refractivity contribution < 1.29 is 33.6 Å². The first-order valence-electron chi connectivity index (χ1n) is 7.13. The lowest BCUT2D eigenvalue weighted by molar-refractivity contribution is -0.140. The highest BCUT2D eigenvalue weighted by molar-refractivity contribution is 5.79. The van der Waals surface area contributed by atoms with Crippen molar-refractivity contribution in [3.05, 3.63) is 0 Å². The van der Waals surface area contributed by atoms with Crippen LogP contribution in [0.2, 0.25) is 0 Å². The Balaban J connectivity index is 3.87. The second-order valence-electron chi connectivity index (χ2n) is 5.54. The minimum Gasteiger partial charge on any atom is -0.480 e. The predicted octanol–water partition coefficient (Wildman–Crippen LogP) is 1.03. The summed E-state index contributed by atoms with van der Waals surface area (Å²) in [5, 5.41) is 11.4. The summed E-state index contributed by atoms with van der Waals surface area (Å²) in [5.74, 6) is -1.13. The van der Waals surface area contributed by atoms with Crippen LogP contribution in [-0.2, 0) is 23.7 Å². The van der Waals surface area contributed by atoms with Crippen LogP contribution < -0.4 is 5.32 Å². The van der Waals surface area contributed by atoms with Crippen molar-refractivity contribution in [3.8, 4) is 0 Å². The molecule has 1 unspecified atom stereocenters. The third-order valence-electron chi connectivity index (χ3n) is 2.34. The molecule has 0 aliphatic heterocycles. The van der Waals surface area contributed by atoms with Crippen molar-refractivity contribution in [3.63, 3.8) is 0 Å². The summed E-state index contributed by atoms with van der Waals surface area (Å²) < 4.78 is 20.3. The Morgan fingerprint density at radius 1 is 1.05 bits per heavy atom. The third kappa shape index (κ3) is 12.4. The molecule has 0 radical (unpaired) electrons. The molecule has 1 atom stereocenters. The Morgan fingerprint density at radius 3 is 2.09 bits per heavy atom. The monoisotopic (exact) mass is 321 g/mol. The van der Waals surface area contributed by atoms with Crippen molar-refractivity contribution in [2.24, 2.45) is 0 Å². The molecule has 0 aliphatic carbocycles. The number of ether oxygens (including phenoxy) is 4. The number of hydrogen-bond acceptors (Lipinski definition) is 6. The number of aliphatic carboxylic acids is 1. The van der Waals surface area contributed by atoms with Gasteiger partial charge in [0.05, 0.1) is 26.4 Å². The van der Waals surface area contributed by atoms with E-state index in [-0.39, 0.29) is 13.0 Å². The molecule has 22 heavy (non-hydrogen) atoms. The molecule has 0 aromatic rings. The third-order valence-corrected chi connectivity index (χ3v) is 2.34. The van der Waals surface area contributed by atoms with Gasteiger partial charge in [0.1, 0.15) is 11.6 Å². The lowest BCUT2D eigenvalue weighted by Gasteiger charge is -2.22. The molecule has 8 heteroatoms. The highest BCUT2D eigenvalue weighted by Gasteiger charge is 2.23. The van der Waals surface area contributed by atoms with Crippen LogP contribution >= 0.6 is 0 Å². The van der Waals surface area contributed by atoms with Crippen molar-refractivity contribution in [2.45, 2.75) is 38.8 Å². The van der Waals surface area contributed by atoms with Gasteiger partial charge in [0.2, 0.25) is 0 Å². The van der Waals surface area contributed by atoms with Gasteiger partial charge in [0, 0.05) is 20.1 Å². The minimum absolute atomic E-state index is 0.145. The van der Waals surface area contributed by atoms with E-state index in [9.17, 15) is 9.59 Å². The average molecular weight is 321 g/mol. The molecule has 0 spiro atoms. The van der Waals surface area contributed by atoms with E-state index in [0.29, 0.717) is 26.4 Å². The number of amides is 1. The largest absolute Gasteiger partial charge is 0.480 e. The quantitative estimate of drug-likeness (QED) is 0.548. The van der Waals surface area contributed by atoms with Crippen LogP contribution in [0, 0.1) is 0 Å². The van der Waals surface area contributed by atoms with E-state index in [4.69, 9.17) is 24.1 Å². The van der Waals surface area contributed by atoms with Gasteiger partial charge in [-0.1, -0.05) is 0 Å². The molecule has 0 aromatic carbocycles. The molecule has 0 aromatic heterocycles. The molecular weight excluding hydrogens is 294 g/mol. The standard InChI is InChI=1S/C14H27NO7/c1-14(2,3)22-13(18)15-11(12(16)17)5-6-20-9-10-21-8-7-19-4/h11H,5-10H2,1-4H3,(H,15,18)(H,16,17). The van der Waals surface area contributed by atoms with Crippen LogP contribution in [0.3, 0.4) is 0 Å². The van der Waals surface area contributed by atoms with Gasteiger partial charge in [-0.25, -0.2) is 9.59 Å². The summed E-state index contributed by atoms with van der Waals surface area (Å²) in [5.41, 5.74) is -0.677. The van der Waals surface area contributed by atoms with Gasteiger partial charge in [-0.2, -0.15) is 0 Å². The van der Waals surface area contributed by atoms with Crippen molar-refractivity contribution in [1.29, 1.82) is 0 Å². The van der Waals surface area contributed by atoms with Crippen LogP contribution in [0.25, 0.3) is 0 Å². The maximum atomic E-state index is 11.5. The summed E-state index contributed by atoms with van der Waals surface area (Å²) in [6.07, 6.45) is -0.616. The van der Waals surface area contributed by atoms with E-state index in [0.717, 1.165) is 0 Å². The lowest BCUT2D eigenvalue weighted by Crippen LogP contribution is -2.44. The highest BCUT2D eigenvalue weighted by Crippen LogP contribution is 2.07. The zero-order valence-corrected chi connectivity index (χ0v) is 13.7. The fraction of sp³-hybridized carbons (Fsp3) is 0.857. The number of carbonyl (C=O) groups excluding carboxylic acids is 1. The molecule has 0 heterocycles. The van der Waals surface area contributed by atoms with Gasteiger partial charge < -0.3 is 29.4 Å². The Bertz CT molecular complexity index is 328. The van der Waals surface area contributed by atoms with Crippen LogP contribution in [0.4, 0.5) is 4.79 Å². The second-order valence-corrected chi connectivity index (χ2v) is 5.54. The Morgan fingerprint density at radius 2 is 1.59 bits per heavy atom. The summed E-state index contributed by atoms with van der Waals surface area (Å²) in [6.45, 7) is 7.06. The normalized spacial score (nSPS) is 12.7. The van der Waals surface area contributed by atoms with Crippen molar-refractivity contribution in [1.82, 2.24) is 5.32 Å². The number of methoxy groups -OCH3 is 1. The van der Waals surface area contributed by atoms with E-state index in [1.165, 1.54) is 0 Å². The smallest absolute Gasteiger partial charge is 0.408 e. The van der Waals surface area contributed by atoms with Crippen LogP contribution in [-0.4, -0.2) is 69.0 Å². The van der Waals surface area contributed by atoms with Crippen LogP contribution in [0.1, 0.15) is 27.2 Å². The molecule has 0 saturated carbocycles. The highest BCUT2D eigenvalue weighted by atomic mass is 16.6. The zero-order chi connectivity index (χ0) is 17.0. The zero-order valence-electron chi connectivity index (χ0n) is 13.7. The SMILES string of the molecule is COCCOCCOCCC(NC(=O)OC(C)(C)C)C(=O)O. The molecule has 1 amide bonds. The molecule has 0 bridgehead atoms. The molecular formula is C14H27NO7. The molecule has 0 aliphatic rings. The molecule has 0 fully saturated rings. The van der Waals surface area contributed by atoms with Gasteiger partial charge in [-0.3, -0.25) is 0 Å². The van der Waals surface area contributed by atoms with E-state index >= 15 is 0 Å². The topological polar surface area (TPSA) is 103 Å². The van der Waals surface area contributed by atoms with Gasteiger partial charge in [-0.15, -0.1) is 0 Å². The van der Waals surface area contributed by atoms with Crippen LogP contribution in [0.5, 0.6) is 0 Å². The molecule has 8 nitrogen and oxygen atoms in total. The Hall–Kier alpha value is -1.38. The summed E-state index contributed by atoms with van der Waals surface area (Å²) in [7, 11) is 1.59. The Labute approximate surface area is 131 Å². The maximum absolute atomic E-state index is 11.5. The number of alkyl carbamates (subject to hydrolysis) is 1. The van der Waals surface area contributed by atoms with E-state index in [1.54, 1.807) is 27.9 Å². The van der Waals surface area contributed by atoms with Gasteiger partial charge >= 0.3 is 12.1 Å². The molecule has 0 saturated heterocycles. The lowest BCUT2D eigenvalue weighted by atomic mass is 10.2. The summed E-state index contributed by atoms with van der Waals surface area (Å²) in [6, 6.07) is -1.05. The summed E-state index contributed by atoms with van der Waals surface area (Å²) >= 11 is 0. The predicted molar refractivity (Wildman–Crippen MR) is 78.9 cm³/mol. The van der Waals surface area contributed by atoms with Crippen molar-refractivity contribution in [2.75, 3.05) is 40.1 Å². The van der Waals surface area contributed by atoms with Crippen LogP contribution in [0.15, 0.2) is 0 Å². The minimum atomic E-state index is -1.13. The van der Waals surface area contributed by atoms with E-state index < -0.39 is 23.7 Å². The number of rotatable bonds is 11. The van der Waals surface area contributed by atoms with E-state index in [2.05, 4.69) is 5.32 Å². The van der Waals surface area contributed by atoms with Crippen molar-refractivity contribution >= 4 is 12.1 Å². The Kier molecular flexibility index (Phi) is 10.5. The fourth-order valence-corrected chi connectivity index (χ4v) is 1.37. The number of hydrogen-bond donors (Lipinski definition) is 2. The molecule has 0 rings (SSSR count). The summed E-state index contributed by atoms with van der Waals surface area (Å²) in [4.78, 5) is 22.6. The average Bonchev–Trinajstić information content (AvgIpc) is 2.38. The van der Waals surface area contributed by atoms with Gasteiger partial charge in [0.25, 0.3) is 0 Å². The molecule has 2 N–H and O–H groups in total. The van der Waals surface area contributed by atoms with Gasteiger partial charge in [-0.05, 0) is 20.8 Å². The number of nitrogens with one attached hydrogen (secondary N) is 1. The number of carbonyl (C=O) groups is 2. The number of carboxylic acid groups (broad SMARTS) is 1. The molecule has 130 valence electrons. The second kappa shape index (κ2) is 11.2. The maximum Gasteiger partial charge on any atom is 0.408 e. The number of carboxylic acids is 1. The first-order chi connectivity index (χ1) is 10.3. The van der Waals surface area contributed by atoms with E-state index in [1.807, 2.05) is 0 Å². The van der Waals surface area contributed by atoms with Gasteiger partial charge in [0.15, 0.2) is 0 Å². The first-order valence-corrected chi connectivity index (χ1v) is 7.13.